The van der Waals surface area contributed by atoms with Gasteiger partial charge in [-0.2, -0.15) is 0 Å². The molecule has 0 amide bonds. The van der Waals surface area contributed by atoms with Crippen LogP contribution in [0.2, 0.25) is 0 Å². The van der Waals surface area contributed by atoms with Crippen molar-refractivity contribution < 1.29 is 0 Å². The van der Waals surface area contributed by atoms with Gasteiger partial charge in [-0.05, 0) is 28.3 Å². The molecule has 0 aromatic heterocycles. The molecule has 2 heteroatoms. The third kappa shape index (κ3) is 1.65. The van der Waals surface area contributed by atoms with Crippen LogP contribution in [0.15, 0.2) is 54.9 Å². The van der Waals surface area contributed by atoms with E-state index in [1.165, 1.54) is 27.9 Å². The summed E-state index contributed by atoms with van der Waals surface area (Å²) in [7, 11) is 2.11. The predicted octanol–water partition coefficient (Wildman–Crippen LogP) is 4.17. The first kappa shape index (κ1) is 12.5. The van der Waals surface area contributed by atoms with Crippen molar-refractivity contribution in [2.45, 2.75) is 19.3 Å². The van der Waals surface area contributed by atoms with Crippen LogP contribution in [-0.4, -0.2) is 18.6 Å². The van der Waals surface area contributed by atoms with Crippen LogP contribution in [0, 0.1) is 0 Å². The molecule has 2 aromatic rings. The minimum atomic E-state index is 0.0531. The van der Waals surface area contributed by atoms with Crippen molar-refractivity contribution in [1.29, 1.82) is 0 Å². The molecule has 1 heterocycles. The largest absolute Gasteiger partial charge is 0.361 e. The fraction of sp³-hybridized carbons (Fsp3) is 0.263. The standard InChI is InChI=1S/C19H20N2/c1-19(2)16-9-5-4-7-14(16)15-8-6-10-17(18(15)19)21-12-11-20(3)13-21/h4-12H,13H2,1-3H3. The first-order chi connectivity index (χ1) is 10.1. The summed E-state index contributed by atoms with van der Waals surface area (Å²) in [6.45, 7) is 5.60. The average Bonchev–Trinajstić information content (AvgIpc) is 3.01. The summed E-state index contributed by atoms with van der Waals surface area (Å²) in [5.41, 5.74) is 7.04. The van der Waals surface area contributed by atoms with E-state index in [4.69, 9.17) is 0 Å². The maximum absolute atomic E-state index is 2.34. The van der Waals surface area contributed by atoms with Crippen LogP contribution < -0.4 is 4.90 Å². The molecule has 0 radical (unpaired) electrons. The van der Waals surface area contributed by atoms with Gasteiger partial charge in [0.15, 0.2) is 0 Å². The Labute approximate surface area is 126 Å². The fourth-order valence-electron chi connectivity index (χ4n) is 3.74. The Hall–Kier alpha value is -2.22. The van der Waals surface area contributed by atoms with Crippen LogP contribution in [0.25, 0.3) is 11.1 Å². The summed E-state index contributed by atoms with van der Waals surface area (Å²) in [5, 5.41) is 0. The Morgan fingerprint density at radius 2 is 1.67 bits per heavy atom. The molecule has 0 saturated heterocycles. The van der Waals surface area contributed by atoms with Crippen molar-refractivity contribution in [3.8, 4) is 11.1 Å². The highest BCUT2D eigenvalue weighted by atomic mass is 15.3. The molecule has 2 aliphatic rings. The molecule has 0 spiro atoms. The van der Waals surface area contributed by atoms with E-state index in [1.54, 1.807) is 0 Å². The molecular weight excluding hydrogens is 256 g/mol. The molecule has 21 heavy (non-hydrogen) atoms. The Bertz CT molecular complexity index is 743. The van der Waals surface area contributed by atoms with Crippen LogP contribution in [0.3, 0.4) is 0 Å². The number of nitrogens with zero attached hydrogens (tertiary/aromatic N) is 2. The van der Waals surface area contributed by atoms with Crippen molar-refractivity contribution in [3.05, 3.63) is 66.0 Å². The Balaban J connectivity index is 1.95. The van der Waals surface area contributed by atoms with E-state index in [1.807, 2.05) is 0 Å². The van der Waals surface area contributed by atoms with Crippen molar-refractivity contribution in [3.63, 3.8) is 0 Å². The summed E-state index contributed by atoms with van der Waals surface area (Å²) in [5.74, 6) is 0. The summed E-state index contributed by atoms with van der Waals surface area (Å²) < 4.78 is 0. The molecule has 0 fully saturated rings. The van der Waals surface area contributed by atoms with E-state index in [-0.39, 0.29) is 5.41 Å². The predicted molar refractivity (Wildman–Crippen MR) is 88.3 cm³/mol. The van der Waals surface area contributed by atoms with Crippen LogP contribution in [0.4, 0.5) is 5.69 Å². The zero-order chi connectivity index (χ0) is 14.6. The molecule has 4 rings (SSSR count). The highest BCUT2D eigenvalue weighted by molar-refractivity contribution is 5.86. The van der Waals surface area contributed by atoms with E-state index in [9.17, 15) is 0 Å². The van der Waals surface area contributed by atoms with Crippen LogP contribution in [-0.2, 0) is 5.41 Å². The highest BCUT2D eigenvalue weighted by Crippen LogP contribution is 2.52. The third-order valence-electron chi connectivity index (χ3n) is 4.74. The number of hydrogen-bond donors (Lipinski definition) is 0. The van der Waals surface area contributed by atoms with E-state index in [2.05, 4.69) is 85.6 Å². The smallest absolute Gasteiger partial charge is 0.0939 e. The Morgan fingerprint density at radius 3 is 2.43 bits per heavy atom. The van der Waals surface area contributed by atoms with E-state index in [0.717, 1.165) is 6.67 Å². The molecule has 0 unspecified atom stereocenters. The second-order valence-electron chi connectivity index (χ2n) is 6.54. The lowest BCUT2D eigenvalue weighted by molar-refractivity contribution is 0.494. The zero-order valence-electron chi connectivity index (χ0n) is 12.8. The first-order valence-corrected chi connectivity index (χ1v) is 7.47. The molecule has 2 aromatic carbocycles. The number of benzene rings is 2. The molecule has 0 N–H and O–H groups in total. The molecular formula is C19H20N2. The van der Waals surface area contributed by atoms with Crippen LogP contribution >= 0.6 is 0 Å². The van der Waals surface area contributed by atoms with Gasteiger partial charge in [0.2, 0.25) is 0 Å². The van der Waals surface area contributed by atoms with Gasteiger partial charge in [-0.1, -0.05) is 50.2 Å². The van der Waals surface area contributed by atoms with Crippen LogP contribution in [0.5, 0.6) is 0 Å². The normalized spacial score (nSPS) is 18.0. The average molecular weight is 276 g/mol. The minimum Gasteiger partial charge on any atom is -0.361 e. The summed E-state index contributed by atoms with van der Waals surface area (Å²) in [6, 6.07) is 15.5. The number of anilines is 1. The van der Waals surface area contributed by atoms with Gasteiger partial charge in [0.25, 0.3) is 0 Å². The fourth-order valence-corrected chi connectivity index (χ4v) is 3.74. The maximum atomic E-state index is 2.34. The summed E-state index contributed by atoms with van der Waals surface area (Å²) in [6.07, 6.45) is 4.31. The Kier molecular flexibility index (Phi) is 2.47. The van der Waals surface area contributed by atoms with Crippen LogP contribution in [0.1, 0.15) is 25.0 Å². The lowest BCUT2D eigenvalue weighted by Crippen LogP contribution is -2.25. The number of hydrogen-bond acceptors (Lipinski definition) is 2. The summed E-state index contributed by atoms with van der Waals surface area (Å²) in [4.78, 5) is 4.54. The molecule has 1 aliphatic heterocycles. The molecule has 0 bridgehead atoms. The molecule has 0 atom stereocenters. The van der Waals surface area contributed by atoms with Crippen molar-refractivity contribution >= 4 is 5.69 Å². The van der Waals surface area contributed by atoms with Gasteiger partial charge < -0.3 is 9.80 Å². The Morgan fingerprint density at radius 1 is 0.905 bits per heavy atom. The highest BCUT2D eigenvalue weighted by Gasteiger charge is 2.38. The van der Waals surface area contributed by atoms with Gasteiger partial charge in [0.05, 0.1) is 6.67 Å². The monoisotopic (exact) mass is 276 g/mol. The van der Waals surface area contributed by atoms with Crippen molar-refractivity contribution in [1.82, 2.24) is 4.90 Å². The molecule has 106 valence electrons. The number of rotatable bonds is 1. The van der Waals surface area contributed by atoms with Gasteiger partial charge >= 0.3 is 0 Å². The minimum absolute atomic E-state index is 0.0531. The molecule has 2 nitrogen and oxygen atoms in total. The molecule has 1 aliphatic carbocycles. The zero-order valence-corrected chi connectivity index (χ0v) is 12.8. The van der Waals surface area contributed by atoms with Gasteiger partial charge in [0.1, 0.15) is 0 Å². The van der Waals surface area contributed by atoms with Crippen molar-refractivity contribution in [2.24, 2.45) is 0 Å². The van der Waals surface area contributed by atoms with E-state index >= 15 is 0 Å². The number of fused-ring (bicyclic) bond motifs is 3. The maximum Gasteiger partial charge on any atom is 0.0939 e. The molecule has 0 saturated carbocycles. The van der Waals surface area contributed by atoms with Gasteiger partial charge in [0, 0.05) is 30.5 Å². The second-order valence-corrected chi connectivity index (χ2v) is 6.54. The van der Waals surface area contributed by atoms with Gasteiger partial charge in [-0.15, -0.1) is 0 Å². The van der Waals surface area contributed by atoms with E-state index < -0.39 is 0 Å². The topological polar surface area (TPSA) is 6.48 Å². The second kappa shape index (κ2) is 4.14. The third-order valence-corrected chi connectivity index (χ3v) is 4.74. The van der Waals surface area contributed by atoms with E-state index in [0.29, 0.717) is 0 Å². The van der Waals surface area contributed by atoms with Gasteiger partial charge in [-0.3, -0.25) is 0 Å². The van der Waals surface area contributed by atoms with Gasteiger partial charge in [-0.25, -0.2) is 0 Å². The first-order valence-electron chi connectivity index (χ1n) is 7.47. The van der Waals surface area contributed by atoms with Crippen molar-refractivity contribution in [2.75, 3.05) is 18.6 Å². The SMILES string of the molecule is CN1C=CN(c2cccc3c2C(C)(C)c2ccccc2-3)C1. The quantitative estimate of drug-likeness (QED) is 0.771. The summed E-state index contributed by atoms with van der Waals surface area (Å²) >= 11 is 0. The lowest BCUT2D eigenvalue weighted by Gasteiger charge is -2.28. The lowest BCUT2D eigenvalue weighted by atomic mass is 9.81.